The van der Waals surface area contributed by atoms with Gasteiger partial charge in [-0.15, -0.1) is 0 Å². The van der Waals surface area contributed by atoms with E-state index in [1.807, 2.05) is 6.92 Å². The van der Waals surface area contributed by atoms with E-state index in [1.165, 1.54) is 6.92 Å². The first-order valence-corrected chi connectivity index (χ1v) is 8.24. The molecule has 1 N–H and O–H groups in total. The van der Waals surface area contributed by atoms with Gasteiger partial charge >= 0.3 is 11.9 Å². The molecule has 0 aromatic carbocycles. The Balaban J connectivity index is 1.94. The molecular weight excluding hydrogens is 298 g/mol. The minimum absolute atomic E-state index is 0.116. The number of hydrogen-bond donors (Lipinski definition) is 1. The number of hydrogen-bond acceptors (Lipinski definition) is 6. The molecule has 0 spiro atoms. The van der Waals surface area contributed by atoms with Crippen LogP contribution in [-0.2, 0) is 19.1 Å². The van der Waals surface area contributed by atoms with Gasteiger partial charge in [0, 0.05) is 5.92 Å². The molecule has 0 unspecified atom stereocenters. The van der Waals surface area contributed by atoms with Crippen LogP contribution in [0.3, 0.4) is 0 Å². The van der Waals surface area contributed by atoms with Gasteiger partial charge in [0.05, 0.1) is 12.3 Å². The van der Waals surface area contributed by atoms with Crippen LogP contribution in [0, 0.1) is 17.3 Å². The fourth-order valence-corrected chi connectivity index (χ4v) is 4.46. The second-order valence-corrected chi connectivity index (χ2v) is 7.89. The lowest BCUT2D eigenvalue weighted by atomic mass is 9.43. The lowest BCUT2D eigenvalue weighted by Crippen LogP contribution is -2.69. The molecule has 0 amide bonds. The number of esters is 2. The second kappa shape index (κ2) is 4.79. The quantitative estimate of drug-likeness (QED) is 0.795. The Morgan fingerprint density at radius 3 is 2.70 bits per heavy atom. The molecule has 6 nitrogen and oxygen atoms in total. The van der Waals surface area contributed by atoms with Crippen LogP contribution in [0.25, 0.3) is 0 Å². The summed E-state index contributed by atoms with van der Waals surface area (Å²) in [5, 5.41) is 10.5. The molecule has 0 aromatic rings. The highest BCUT2D eigenvalue weighted by Crippen LogP contribution is 2.63. The Kier molecular flexibility index (Phi) is 3.42. The van der Waals surface area contributed by atoms with E-state index in [0.29, 0.717) is 5.92 Å². The van der Waals surface area contributed by atoms with E-state index >= 15 is 0 Å². The van der Waals surface area contributed by atoms with Crippen LogP contribution in [0.4, 0.5) is 0 Å². The van der Waals surface area contributed by atoms with Gasteiger partial charge in [0.25, 0.3) is 0 Å². The Labute approximate surface area is 136 Å². The van der Waals surface area contributed by atoms with E-state index in [4.69, 9.17) is 9.47 Å². The molecule has 128 valence electrons. The molecule has 4 aliphatic rings. The number of ether oxygens (including phenoxy) is 2. The maximum absolute atomic E-state index is 12.5. The topological polar surface area (TPSA) is 85.2 Å². The van der Waals surface area contributed by atoms with Gasteiger partial charge in [0.15, 0.2) is 17.2 Å². The first kappa shape index (κ1) is 16.4. The van der Waals surface area contributed by atoms with Gasteiger partial charge < -0.3 is 14.6 Å². The van der Waals surface area contributed by atoms with Gasteiger partial charge in [-0.3, -0.25) is 4.99 Å². The normalized spacial score (nSPS) is 40.0. The van der Waals surface area contributed by atoms with Crippen molar-refractivity contribution in [1.82, 2.24) is 0 Å². The number of aliphatic hydroxyl groups is 1. The fraction of sp³-hybridized carbons (Fsp3) is 0.824. The third kappa shape index (κ3) is 2.07. The van der Waals surface area contributed by atoms with Crippen molar-refractivity contribution in [2.45, 2.75) is 64.7 Å². The number of carbonyl (C=O) groups excluding carboxylic acids is 2. The average Bonchev–Trinajstić information content (AvgIpc) is 2.44. The number of rotatable bonds is 3. The Morgan fingerprint density at radius 2 is 2.13 bits per heavy atom. The van der Waals surface area contributed by atoms with Crippen molar-refractivity contribution in [3.8, 4) is 0 Å². The van der Waals surface area contributed by atoms with Crippen LogP contribution in [0.5, 0.6) is 0 Å². The van der Waals surface area contributed by atoms with Gasteiger partial charge in [0.1, 0.15) is 0 Å². The fourth-order valence-electron chi connectivity index (χ4n) is 4.46. The van der Waals surface area contributed by atoms with E-state index in [0.717, 1.165) is 18.6 Å². The largest absolute Gasteiger partial charge is 0.464 e. The van der Waals surface area contributed by atoms with Gasteiger partial charge in [-0.1, -0.05) is 13.8 Å². The summed E-state index contributed by atoms with van der Waals surface area (Å²) in [5.74, 6) is -0.777. The van der Waals surface area contributed by atoms with Crippen molar-refractivity contribution in [2.75, 3.05) is 6.61 Å². The molecule has 0 aromatic heterocycles. The number of nitrogens with zero attached hydrogens (tertiary/aromatic N) is 1. The molecule has 6 heteroatoms. The zero-order valence-electron chi connectivity index (χ0n) is 14.4. The van der Waals surface area contributed by atoms with Crippen LogP contribution >= 0.6 is 0 Å². The summed E-state index contributed by atoms with van der Waals surface area (Å²) in [6, 6.07) is -1.26. The average molecular weight is 323 g/mol. The molecule has 23 heavy (non-hydrogen) atoms. The molecule has 2 bridgehead atoms. The van der Waals surface area contributed by atoms with Crippen molar-refractivity contribution in [3.05, 3.63) is 0 Å². The monoisotopic (exact) mass is 323 g/mol. The van der Waals surface area contributed by atoms with E-state index in [9.17, 15) is 14.7 Å². The summed E-state index contributed by atoms with van der Waals surface area (Å²) in [6.07, 6.45) is 1.76. The summed E-state index contributed by atoms with van der Waals surface area (Å²) in [6.45, 7) is 9.33. The van der Waals surface area contributed by atoms with Crippen LogP contribution in [-0.4, -0.2) is 46.6 Å². The summed E-state index contributed by atoms with van der Waals surface area (Å²) in [7, 11) is 0. The molecule has 0 saturated heterocycles. The van der Waals surface area contributed by atoms with Crippen molar-refractivity contribution in [1.29, 1.82) is 0 Å². The minimum atomic E-state index is -2.02. The van der Waals surface area contributed by atoms with Gasteiger partial charge in [-0.05, 0) is 44.9 Å². The predicted octanol–water partition coefficient (Wildman–Crippen LogP) is 1.49. The zero-order valence-corrected chi connectivity index (χ0v) is 14.4. The van der Waals surface area contributed by atoms with Crippen molar-refractivity contribution >= 4 is 17.7 Å². The van der Waals surface area contributed by atoms with E-state index in [-0.39, 0.29) is 17.9 Å². The predicted molar refractivity (Wildman–Crippen MR) is 83.0 cm³/mol. The van der Waals surface area contributed by atoms with Gasteiger partial charge in [-0.25, -0.2) is 9.59 Å². The summed E-state index contributed by atoms with van der Waals surface area (Å²) >= 11 is 0. The lowest BCUT2D eigenvalue weighted by molar-refractivity contribution is -0.197. The highest BCUT2D eigenvalue weighted by Gasteiger charge is 2.66. The summed E-state index contributed by atoms with van der Waals surface area (Å²) in [5.41, 5.74) is -1.84. The van der Waals surface area contributed by atoms with Crippen molar-refractivity contribution in [2.24, 2.45) is 22.2 Å². The van der Waals surface area contributed by atoms with Crippen LogP contribution in [0.2, 0.25) is 0 Å². The second-order valence-electron chi connectivity index (χ2n) is 7.89. The molecule has 0 radical (unpaired) electrons. The number of aliphatic imine (C=N–C) groups is 1. The van der Waals surface area contributed by atoms with Gasteiger partial charge in [-0.2, -0.15) is 0 Å². The smallest absolute Gasteiger partial charge is 0.340 e. The van der Waals surface area contributed by atoms with E-state index in [1.54, 1.807) is 6.92 Å². The third-order valence-electron chi connectivity index (χ3n) is 6.19. The molecule has 4 rings (SSSR count). The third-order valence-corrected chi connectivity index (χ3v) is 6.19. The standard InChI is InChI=1S/C17H25NO5/c1-6-22-14(20)16(4,21)12-13(19)23-17(5)10-7-9(15(10,2)3)8-11(17)18-12/h9-10,12,21H,6-8H2,1-5H3/t9-,10-,12+,16-,17-/m0/s1. The Hall–Kier alpha value is -1.43. The lowest BCUT2D eigenvalue weighted by Gasteiger charge is -2.64. The van der Waals surface area contributed by atoms with Crippen LogP contribution in [0.1, 0.15) is 47.5 Å². The molecular formula is C17H25NO5. The van der Waals surface area contributed by atoms with Gasteiger partial charge in [0.2, 0.25) is 0 Å². The van der Waals surface area contributed by atoms with Crippen LogP contribution in [0.15, 0.2) is 4.99 Å². The molecule has 1 aliphatic heterocycles. The highest BCUT2D eigenvalue weighted by molar-refractivity contribution is 6.02. The first-order chi connectivity index (χ1) is 10.5. The molecule has 3 saturated carbocycles. The SMILES string of the molecule is CCOC(=O)[C@@](C)(O)[C@@H]1N=C2C[C@@H]3C[C@@H](C3(C)C)[C@]2(C)OC1=O. The molecule has 3 fully saturated rings. The van der Waals surface area contributed by atoms with Crippen molar-refractivity contribution in [3.63, 3.8) is 0 Å². The summed E-state index contributed by atoms with van der Waals surface area (Å²) in [4.78, 5) is 28.9. The maximum atomic E-state index is 12.5. The van der Waals surface area contributed by atoms with Crippen LogP contribution < -0.4 is 0 Å². The number of carbonyl (C=O) groups is 2. The Bertz CT molecular complexity index is 594. The first-order valence-electron chi connectivity index (χ1n) is 8.24. The minimum Gasteiger partial charge on any atom is -0.464 e. The molecule has 3 aliphatic carbocycles. The summed E-state index contributed by atoms with van der Waals surface area (Å²) < 4.78 is 10.6. The molecule has 5 atom stereocenters. The van der Waals surface area contributed by atoms with Crippen molar-refractivity contribution < 1.29 is 24.2 Å². The Morgan fingerprint density at radius 1 is 1.48 bits per heavy atom. The van der Waals surface area contributed by atoms with E-state index in [2.05, 4.69) is 18.8 Å². The molecule has 1 heterocycles. The maximum Gasteiger partial charge on any atom is 0.340 e. The highest BCUT2D eigenvalue weighted by atomic mass is 16.6. The van der Waals surface area contributed by atoms with E-state index < -0.39 is 29.2 Å². The zero-order chi connectivity index (χ0) is 17.2.